The van der Waals surface area contributed by atoms with Crippen molar-refractivity contribution in [2.24, 2.45) is 0 Å². The molecular weight excluding hydrogens is 360 g/mol. The van der Waals surface area contributed by atoms with Gasteiger partial charge in [0.2, 0.25) is 0 Å². The highest BCUT2D eigenvalue weighted by Crippen LogP contribution is 2.25. The maximum absolute atomic E-state index is 8.55. The summed E-state index contributed by atoms with van der Waals surface area (Å²) >= 11 is 5.12. The highest BCUT2D eigenvalue weighted by Gasteiger charge is 2.13. The van der Waals surface area contributed by atoms with Crippen LogP contribution in [0.25, 0.3) is 11.4 Å². The smallest absolute Gasteiger partial charge is 0.191 e. The fraction of sp³-hybridized carbons (Fsp3) is 0.312. The van der Waals surface area contributed by atoms with E-state index in [0.29, 0.717) is 13.0 Å². The van der Waals surface area contributed by atoms with E-state index in [2.05, 4.69) is 43.3 Å². The monoisotopic (exact) mass is 376 g/mol. The molecule has 0 radical (unpaired) electrons. The molecule has 0 atom stereocenters. The Morgan fingerprint density at radius 1 is 1.27 bits per heavy atom. The lowest BCUT2D eigenvalue weighted by Crippen LogP contribution is -2.00. The van der Waals surface area contributed by atoms with Gasteiger partial charge in [0.25, 0.3) is 0 Å². The van der Waals surface area contributed by atoms with Gasteiger partial charge in [0.15, 0.2) is 11.0 Å². The van der Waals surface area contributed by atoms with Crippen LogP contribution in [0.3, 0.4) is 0 Å². The van der Waals surface area contributed by atoms with Crippen molar-refractivity contribution < 1.29 is 0 Å². The molecule has 0 N–H and O–H groups in total. The van der Waals surface area contributed by atoms with E-state index in [9.17, 15) is 0 Å². The summed E-state index contributed by atoms with van der Waals surface area (Å²) in [6.45, 7) is 4.50. The molecule has 0 saturated carbocycles. The zero-order chi connectivity index (χ0) is 15.8. The lowest BCUT2D eigenvalue weighted by molar-refractivity contribution is 0.729. The van der Waals surface area contributed by atoms with Crippen molar-refractivity contribution in [3.63, 3.8) is 0 Å². The van der Waals surface area contributed by atoms with E-state index in [1.165, 1.54) is 0 Å². The minimum Gasteiger partial charge on any atom is -0.298 e. The highest BCUT2D eigenvalue weighted by molar-refractivity contribution is 9.10. The number of benzene rings is 1. The van der Waals surface area contributed by atoms with Crippen LogP contribution < -0.4 is 0 Å². The SMILES string of the molecule is C=CCn1c(SCCCCC#N)nnc1-c1ccc(Br)cc1. The minimum absolute atomic E-state index is 0.615. The summed E-state index contributed by atoms with van der Waals surface area (Å²) in [5.41, 5.74) is 1.04. The van der Waals surface area contributed by atoms with E-state index in [1.54, 1.807) is 11.8 Å². The third-order valence-corrected chi connectivity index (χ3v) is 4.63. The fourth-order valence-corrected chi connectivity index (χ4v) is 3.18. The number of hydrogen-bond acceptors (Lipinski definition) is 4. The molecule has 0 spiro atoms. The van der Waals surface area contributed by atoms with Gasteiger partial charge in [-0.2, -0.15) is 5.26 Å². The second-order valence-electron chi connectivity index (χ2n) is 4.68. The largest absolute Gasteiger partial charge is 0.298 e. The van der Waals surface area contributed by atoms with E-state index in [0.717, 1.165) is 39.6 Å². The quantitative estimate of drug-likeness (QED) is 0.381. The Morgan fingerprint density at radius 3 is 2.73 bits per heavy atom. The number of allylic oxidation sites excluding steroid dienone is 1. The van der Waals surface area contributed by atoms with Crippen molar-refractivity contribution in [1.82, 2.24) is 14.8 Å². The molecule has 0 fully saturated rings. The molecule has 4 nitrogen and oxygen atoms in total. The number of nitrogens with zero attached hydrogens (tertiary/aromatic N) is 4. The second kappa shape index (κ2) is 8.76. The van der Waals surface area contributed by atoms with Crippen LogP contribution in [0.2, 0.25) is 0 Å². The minimum atomic E-state index is 0.615. The van der Waals surface area contributed by atoms with Gasteiger partial charge >= 0.3 is 0 Å². The molecule has 2 rings (SSSR count). The van der Waals surface area contributed by atoms with Crippen LogP contribution in [0, 0.1) is 11.3 Å². The average Bonchev–Trinajstić information content (AvgIpc) is 2.91. The van der Waals surface area contributed by atoms with E-state index < -0.39 is 0 Å². The topological polar surface area (TPSA) is 54.5 Å². The summed E-state index contributed by atoms with van der Waals surface area (Å²) in [6, 6.07) is 10.2. The van der Waals surface area contributed by atoms with Crippen LogP contribution in [0.1, 0.15) is 19.3 Å². The van der Waals surface area contributed by atoms with Gasteiger partial charge in [-0.1, -0.05) is 45.9 Å². The molecule has 0 saturated heterocycles. The molecule has 1 aromatic carbocycles. The second-order valence-corrected chi connectivity index (χ2v) is 6.65. The number of unbranched alkanes of at least 4 members (excludes halogenated alkanes) is 2. The number of halogens is 1. The standard InChI is InChI=1S/C16H17BrN4S/c1-2-11-21-15(13-6-8-14(17)9-7-13)19-20-16(21)22-12-5-3-4-10-18/h2,6-9H,1,3-5,11-12H2. The molecule has 6 heteroatoms. The Bertz CT molecular complexity index is 658. The first-order valence-corrected chi connectivity index (χ1v) is 8.84. The Balaban J connectivity index is 2.13. The van der Waals surface area contributed by atoms with Crippen LogP contribution in [0.5, 0.6) is 0 Å². The summed E-state index contributed by atoms with van der Waals surface area (Å²) < 4.78 is 3.11. The first-order chi connectivity index (χ1) is 10.8. The molecule has 0 aliphatic carbocycles. The molecule has 1 heterocycles. The highest BCUT2D eigenvalue weighted by atomic mass is 79.9. The van der Waals surface area contributed by atoms with Crippen LogP contribution in [-0.2, 0) is 6.54 Å². The molecule has 114 valence electrons. The molecular formula is C16H17BrN4S. The average molecular weight is 377 g/mol. The summed E-state index contributed by atoms with van der Waals surface area (Å²) in [4.78, 5) is 0. The van der Waals surface area contributed by atoms with Crippen molar-refractivity contribution in [3.8, 4) is 17.5 Å². The summed E-state index contributed by atoms with van der Waals surface area (Å²) in [5.74, 6) is 1.80. The molecule has 1 aromatic heterocycles. The molecule has 0 bridgehead atoms. The third kappa shape index (κ3) is 4.46. The molecule has 0 aliphatic rings. The van der Waals surface area contributed by atoms with Crippen molar-refractivity contribution in [3.05, 3.63) is 41.4 Å². The van der Waals surface area contributed by atoms with Crippen molar-refractivity contribution in [1.29, 1.82) is 5.26 Å². The molecule has 0 unspecified atom stereocenters. The third-order valence-electron chi connectivity index (χ3n) is 3.05. The van der Waals surface area contributed by atoms with Gasteiger partial charge in [-0.3, -0.25) is 4.57 Å². The van der Waals surface area contributed by atoms with Gasteiger partial charge in [-0.05, 0) is 25.0 Å². The summed E-state index contributed by atoms with van der Waals surface area (Å²) in [7, 11) is 0. The van der Waals surface area contributed by atoms with Gasteiger partial charge in [-0.15, -0.1) is 16.8 Å². The van der Waals surface area contributed by atoms with Crippen LogP contribution in [0.15, 0.2) is 46.5 Å². The number of hydrogen-bond donors (Lipinski definition) is 0. The Labute approximate surface area is 143 Å². The Kier molecular flexibility index (Phi) is 6.69. The lowest BCUT2D eigenvalue weighted by Gasteiger charge is -2.07. The van der Waals surface area contributed by atoms with Gasteiger partial charge < -0.3 is 0 Å². The van der Waals surface area contributed by atoms with Crippen LogP contribution in [0.4, 0.5) is 0 Å². The maximum Gasteiger partial charge on any atom is 0.191 e. The summed E-state index contributed by atoms with van der Waals surface area (Å²) in [5, 5.41) is 18.1. The van der Waals surface area contributed by atoms with Gasteiger partial charge in [0.05, 0.1) is 6.07 Å². The van der Waals surface area contributed by atoms with Crippen LogP contribution in [-0.4, -0.2) is 20.5 Å². The van der Waals surface area contributed by atoms with E-state index >= 15 is 0 Å². The fourth-order valence-electron chi connectivity index (χ4n) is 1.97. The predicted molar refractivity (Wildman–Crippen MR) is 93.5 cm³/mol. The van der Waals surface area contributed by atoms with Crippen molar-refractivity contribution >= 4 is 27.7 Å². The van der Waals surface area contributed by atoms with Gasteiger partial charge in [0.1, 0.15) is 0 Å². The predicted octanol–water partition coefficient (Wildman–Crippen LogP) is 4.68. The zero-order valence-electron chi connectivity index (χ0n) is 12.2. The van der Waals surface area contributed by atoms with E-state index in [-0.39, 0.29) is 0 Å². The Morgan fingerprint density at radius 2 is 2.05 bits per heavy atom. The zero-order valence-corrected chi connectivity index (χ0v) is 14.6. The number of rotatable bonds is 8. The number of nitriles is 1. The first-order valence-electron chi connectivity index (χ1n) is 7.06. The molecule has 2 aromatic rings. The maximum atomic E-state index is 8.55. The lowest BCUT2D eigenvalue weighted by atomic mass is 10.2. The first kappa shape index (κ1) is 16.8. The van der Waals surface area contributed by atoms with E-state index in [4.69, 9.17) is 5.26 Å². The summed E-state index contributed by atoms with van der Waals surface area (Å²) in [6.07, 6.45) is 4.40. The van der Waals surface area contributed by atoms with Crippen molar-refractivity contribution in [2.75, 3.05) is 5.75 Å². The van der Waals surface area contributed by atoms with E-state index in [1.807, 2.05) is 30.3 Å². The molecule has 0 amide bonds. The number of thioether (sulfide) groups is 1. The molecule has 22 heavy (non-hydrogen) atoms. The Hall–Kier alpha value is -1.58. The van der Waals surface area contributed by atoms with Gasteiger partial charge in [-0.25, -0.2) is 0 Å². The van der Waals surface area contributed by atoms with Gasteiger partial charge in [0, 0.05) is 28.8 Å². The number of aromatic nitrogens is 3. The normalized spacial score (nSPS) is 10.4. The van der Waals surface area contributed by atoms with Crippen molar-refractivity contribution in [2.45, 2.75) is 31.0 Å². The van der Waals surface area contributed by atoms with Crippen LogP contribution >= 0.6 is 27.7 Å². The molecule has 0 aliphatic heterocycles.